The molecule has 0 atom stereocenters. The van der Waals surface area contributed by atoms with Crippen LogP contribution in [0.3, 0.4) is 0 Å². The highest BCUT2D eigenvalue weighted by Crippen LogP contribution is 2.33. The molecule has 30 heavy (non-hydrogen) atoms. The second kappa shape index (κ2) is 8.20. The van der Waals surface area contributed by atoms with E-state index < -0.39 is 0 Å². The van der Waals surface area contributed by atoms with Gasteiger partial charge in [-0.25, -0.2) is 0 Å². The SMILES string of the molecule is CCN1C(=O)S/C(=C/c2cn(CC(=O)Nc3ccc(C)cc3)c3ccccc23)C1=O. The van der Waals surface area contributed by atoms with Crippen molar-refractivity contribution in [3.63, 3.8) is 0 Å². The predicted octanol–water partition coefficient (Wildman–Crippen LogP) is 4.64. The maximum Gasteiger partial charge on any atom is 0.293 e. The van der Waals surface area contributed by atoms with Crippen molar-refractivity contribution >= 4 is 51.5 Å². The molecule has 1 N–H and O–H groups in total. The maximum atomic E-state index is 12.6. The first-order chi connectivity index (χ1) is 14.5. The molecule has 0 saturated carbocycles. The summed E-state index contributed by atoms with van der Waals surface area (Å²) in [6.07, 6.45) is 3.58. The smallest absolute Gasteiger partial charge is 0.293 e. The molecule has 0 bridgehead atoms. The Bertz CT molecular complexity index is 1180. The van der Waals surface area contributed by atoms with Crippen molar-refractivity contribution in [1.82, 2.24) is 9.47 Å². The normalized spacial score (nSPS) is 15.4. The number of carbonyl (C=O) groups is 3. The quantitative estimate of drug-likeness (QED) is 0.612. The van der Waals surface area contributed by atoms with E-state index in [1.807, 2.05) is 66.2 Å². The lowest BCUT2D eigenvalue weighted by Gasteiger charge is -2.07. The van der Waals surface area contributed by atoms with E-state index in [0.29, 0.717) is 11.4 Å². The molecule has 0 aliphatic carbocycles. The third-order valence-corrected chi connectivity index (χ3v) is 5.85. The van der Waals surface area contributed by atoms with Crippen LogP contribution in [0.2, 0.25) is 0 Å². The van der Waals surface area contributed by atoms with Gasteiger partial charge in [-0.05, 0) is 49.9 Å². The number of aromatic nitrogens is 1. The first-order valence-corrected chi connectivity index (χ1v) is 10.5. The molecular weight excluding hydrogens is 398 g/mol. The van der Waals surface area contributed by atoms with Crippen molar-refractivity contribution in [1.29, 1.82) is 0 Å². The molecule has 2 heterocycles. The number of amides is 3. The van der Waals surface area contributed by atoms with E-state index in [2.05, 4.69) is 5.32 Å². The van der Waals surface area contributed by atoms with E-state index in [1.54, 1.807) is 13.0 Å². The molecule has 2 aromatic carbocycles. The van der Waals surface area contributed by atoms with Gasteiger partial charge in [0.05, 0.1) is 4.91 Å². The fourth-order valence-electron chi connectivity index (χ4n) is 3.43. The standard InChI is InChI=1S/C23H21N3O3S/c1-3-26-22(28)20(30-23(26)29)12-16-13-25(19-7-5-4-6-18(16)19)14-21(27)24-17-10-8-15(2)9-11-17/h4-13H,3,14H2,1-2H3,(H,24,27)/b20-12+. The average molecular weight is 420 g/mol. The summed E-state index contributed by atoms with van der Waals surface area (Å²) >= 11 is 0.946. The minimum atomic E-state index is -0.276. The van der Waals surface area contributed by atoms with Gasteiger partial charge in [-0.2, -0.15) is 0 Å². The molecule has 152 valence electrons. The number of nitrogens with one attached hydrogen (secondary N) is 1. The van der Waals surface area contributed by atoms with Gasteiger partial charge in [0.2, 0.25) is 5.91 Å². The summed E-state index contributed by atoms with van der Waals surface area (Å²) in [5, 5.41) is 3.57. The number of thioether (sulfide) groups is 1. The Balaban J connectivity index is 1.62. The van der Waals surface area contributed by atoms with E-state index >= 15 is 0 Å². The molecule has 3 aromatic rings. The minimum Gasteiger partial charge on any atom is -0.337 e. The topological polar surface area (TPSA) is 71.4 Å². The van der Waals surface area contributed by atoms with E-state index in [0.717, 1.165) is 39.5 Å². The summed E-state index contributed by atoms with van der Waals surface area (Å²) < 4.78 is 1.86. The Kier molecular flexibility index (Phi) is 5.46. The van der Waals surface area contributed by atoms with Crippen LogP contribution in [0.15, 0.2) is 59.6 Å². The van der Waals surface area contributed by atoms with E-state index in [1.165, 1.54) is 4.90 Å². The van der Waals surface area contributed by atoms with Gasteiger partial charge in [0.15, 0.2) is 0 Å². The van der Waals surface area contributed by atoms with Gasteiger partial charge in [0.1, 0.15) is 6.54 Å². The Morgan fingerprint density at radius 2 is 1.83 bits per heavy atom. The van der Waals surface area contributed by atoms with Gasteiger partial charge in [-0.15, -0.1) is 0 Å². The van der Waals surface area contributed by atoms with Crippen molar-refractivity contribution in [2.45, 2.75) is 20.4 Å². The van der Waals surface area contributed by atoms with Crippen LogP contribution in [0.4, 0.5) is 10.5 Å². The summed E-state index contributed by atoms with van der Waals surface area (Å²) in [6.45, 7) is 4.26. The summed E-state index contributed by atoms with van der Waals surface area (Å²) in [5.74, 6) is -0.418. The molecule has 1 saturated heterocycles. The number of rotatable bonds is 5. The number of para-hydroxylation sites is 1. The van der Waals surface area contributed by atoms with Crippen molar-refractivity contribution in [3.8, 4) is 0 Å². The number of fused-ring (bicyclic) bond motifs is 1. The van der Waals surface area contributed by atoms with Crippen molar-refractivity contribution < 1.29 is 14.4 Å². The van der Waals surface area contributed by atoms with Crippen LogP contribution in [0.25, 0.3) is 17.0 Å². The van der Waals surface area contributed by atoms with Gasteiger partial charge in [0, 0.05) is 34.9 Å². The van der Waals surface area contributed by atoms with Gasteiger partial charge in [-0.3, -0.25) is 19.3 Å². The highest BCUT2D eigenvalue weighted by molar-refractivity contribution is 8.18. The van der Waals surface area contributed by atoms with Crippen LogP contribution in [0, 0.1) is 6.92 Å². The van der Waals surface area contributed by atoms with Crippen LogP contribution in [0.5, 0.6) is 0 Å². The first kappa shape index (κ1) is 20.0. The second-order valence-corrected chi connectivity index (χ2v) is 8.06. The van der Waals surface area contributed by atoms with Crippen molar-refractivity contribution in [2.24, 2.45) is 0 Å². The van der Waals surface area contributed by atoms with Crippen LogP contribution in [-0.4, -0.2) is 33.1 Å². The molecule has 0 unspecified atom stereocenters. The highest BCUT2D eigenvalue weighted by Gasteiger charge is 2.33. The molecule has 1 fully saturated rings. The number of hydrogen-bond donors (Lipinski definition) is 1. The van der Waals surface area contributed by atoms with E-state index in [4.69, 9.17) is 0 Å². The zero-order valence-electron chi connectivity index (χ0n) is 16.7. The third-order valence-electron chi connectivity index (χ3n) is 4.95. The Labute approximate surface area is 178 Å². The number of likely N-dealkylation sites (N-methyl/N-ethyl adjacent to an activating group) is 1. The second-order valence-electron chi connectivity index (χ2n) is 7.07. The predicted molar refractivity (Wildman–Crippen MR) is 120 cm³/mol. The number of carbonyl (C=O) groups excluding carboxylic acids is 3. The van der Waals surface area contributed by atoms with Crippen LogP contribution < -0.4 is 5.32 Å². The monoisotopic (exact) mass is 419 g/mol. The number of imide groups is 1. The fraction of sp³-hybridized carbons (Fsp3) is 0.174. The first-order valence-electron chi connectivity index (χ1n) is 9.66. The summed E-state index contributed by atoms with van der Waals surface area (Å²) in [4.78, 5) is 38.6. The van der Waals surface area contributed by atoms with Gasteiger partial charge in [0.25, 0.3) is 11.1 Å². The van der Waals surface area contributed by atoms with Crippen LogP contribution >= 0.6 is 11.8 Å². The fourth-order valence-corrected chi connectivity index (χ4v) is 4.32. The number of benzene rings is 2. The number of aryl methyl sites for hydroxylation is 1. The zero-order valence-corrected chi connectivity index (χ0v) is 17.5. The van der Waals surface area contributed by atoms with Crippen molar-refractivity contribution in [3.05, 3.63) is 70.8 Å². The summed E-state index contributed by atoms with van der Waals surface area (Å²) in [5.41, 5.74) is 3.56. The molecule has 7 heteroatoms. The van der Waals surface area contributed by atoms with E-state index in [9.17, 15) is 14.4 Å². The zero-order chi connectivity index (χ0) is 21.3. The van der Waals surface area contributed by atoms with Crippen LogP contribution in [-0.2, 0) is 16.1 Å². The van der Waals surface area contributed by atoms with Gasteiger partial charge in [-0.1, -0.05) is 35.9 Å². The number of anilines is 1. The molecule has 6 nitrogen and oxygen atoms in total. The lowest BCUT2D eigenvalue weighted by Crippen LogP contribution is -2.27. The molecule has 4 rings (SSSR count). The molecule has 0 radical (unpaired) electrons. The van der Waals surface area contributed by atoms with Crippen molar-refractivity contribution in [2.75, 3.05) is 11.9 Å². The number of nitrogens with zero attached hydrogens (tertiary/aromatic N) is 2. The van der Waals surface area contributed by atoms with Gasteiger partial charge >= 0.3 is 0 Å². The molecule has 1 aliphatic rings. The Morgan fingerprint density at radius 1 is 1.10 bits per heavy atom. The summed E-state index contributed by atoms with van der Waals surface area (Å²) in [7, 11) is 0. The molecule has 3 amide bonds. The molecular formula is C23H21N3O3S. The van der Waals surface area contributed by atoms with Gasteiger partial charge < -0.3 is 9.88 Å². The van der Waals surface area contributed by atoms with Crippen LogP contribution in [0.1, 0.15) is 18.1 Å². The summed E-state index contributed by atoms with van der Waals surface area (Å²) in [6, 6.07) is 15.3. The Morgan fingerprint density at radius 3 is 2.53 bits per heavy atom. The molecule has 0 spiro atoms. The number of hydrogen-bond acceptors (Lipinski definition) is 4. The van der Waals surface area contributed by atoms with E-state index in [-0.39, 0.29) is 23.6 Å². The lowest BCUT2D eigenvalue weighted by atomic mass is 10.1. The molecule has 1 aromatic heterocycles. The maximum absolute atomic E-state index is 12.6. The largest absolute Gasteiger partial charge is 0.337 e. The Hall–Kier alpha value is -3.32. The lowest BCUT2D eigenvalue weighted by molar-refractivity contribution is -0.122. The third kappa shape index (κ3) is 3.89. The average Bonchev–Trinajstić information content (AvgIpc) is 3.20. The minimum absolute atomic E-state index is 0.138. The highest BCUT2D eigenvalue weighted by atomic mass is 32.2. The molecule has 1 aliphatic heterocycles.